The van der Waals surface area contributed by atoms with E-state index >= 15 is 0 Å². The van der Waals surface area contributed by atoms with E-state index in [1.165, 1.54) is 0 Å². The zero-order valence-corrected chi connectivity index (χ0v) is 10.4. The van der Waals surface area contributed by atoms with Crippen molar-refractivity contribution >= 4 is 11.8 Å². The number of thioether (sulfide) groups is 1. The summed E-state index contributed by atoms with van der Waals surface area (Å²) in [6, 6.07) is 7.56. The Morgan fingerprint density at radius 3 is 2.69 bits per heavy atom. The summed E-state index contributed by atoms with van der Waals surface area (Å²) in [6.45, 7) is 3.64. The van der Waals surface area contributed by atoms with Gasteiger partial charge in [-0.1, -0.05) is 18.7 Å². The van der Waals surface area contributed by atoms with E-state index < -0.39 is 0 Å². The second kappa shape index (κ2) is 7.36. The first-order chi connectivity index (χ1) is 7.77. The predicted octanol–water partition coefficient (Wildman–Crippen LogP) is 3.39. The normalized spacial score (nSPS) is 12.1. The van der Waals surface area contributed by atoms with Crippen molar-refractivity contribution < 1.29 is 9.84 Å². The highest BCUT2D eigenvalue weighted by atomic mass is 32.2. The van der Waals surface area contributed by atoms with E-state index in [4.69, 9.17) is 4.74 Å². The van der Waals surface area contributed by atoms with Crippen LogP contribution in [-0.2, 0) is 0 Å². The molecule has 88 valence electrons. The first-order valence-corrected chi connectivity index (χ1v) is 6.37. The summed E-state index contributed by atoms with van der Waals surface area (Å²) in [7, 11) is 1.64. The molecule has 0 bridgehead atoms. The standard InChI is InChI=1S/C13H18O2S/c1-3-16-10-4-5-13(14)11-6-8-12(15-2)9-7-11/h3,6-9,13-14H,1,4-5,10H2,2H3. The van der Waals surface area contributed by atoms with Crippen LogP contribution in [0.4, 0.5) is 0 Å². The number of methoxy groups -OCH3 is 1. The van der Waals surface area contributed by atoms with Crippen LogP contribution in [0.1, 0.15) is 24.5 Å². The van der Waals surface area contributed by atoms with E-state index in [-0.39, 0.29) is 6.10 Å². The van der Waals surface area contributed by atoms with Gasteiger partial charge in [0.15, 0.2) is 0 Å². The molecule has 0 saturated carbocycles. The van der Waals surface area contributed by atoms with Gasteiger partial charge in [0.25, 0.3) is 0 Å². The summed E-state index contributed by atoms with van der Waals surface area (Å²) in [5.74, 6) is 1.83. The lowest BCUT2D eigenvalue weighted by Crippen LogP contribution is -1.98. The summed E-state index contributed by atoms with van der Waals surface area (Å²) in [6.07, 6.45) is 1.40. The number of aliphatic hydroxyl groups excluding tert-OH is 1. The van der Waals surface area contributed by atoms with E-state index in [2.05, 4.69) is 6.58 Å². The van der Waals surface area contributed by atoms with Gasteiger partial charge in [0.05, 0.1) is 13.2 Å². The number of rotatable bonds is 7. The van der Waals surface area contributed by atoms with Crippen LogP contribution in [0, 0.1) is 0 Å². The van der Waals surface area contributed by atoms with Crippen LogP contribution in [0.2, 0.25) is 0 Å². The molecule has 16 heavy (non-hydrogen) atoms. The predicted molar refractivity (Wildman–Crippen MR) is 69.8 cm³/mol. The largest absolute Gasteiger partial charge is 0.497 e. The van der Waals surface area contributed by atoms with Gasteiger partial charge in [-0.3, -0.25) is 0 Å². The second-order valence-electron chi connectivity index (χ2n) is 3.47. The van der Waals surface area contributed by atoms with Gasteiger partial charge in [-0.05, 0) is 41.7 Å². The molecule has 0 aliphatic heterocycles. The average molecular weight is 238 g/mol. The van der Waals surface area contributed by atoms with Crippen molar-refractivity contribution in [3.8, 4) is 5.75 Å². The molecule has 1 aromatic rings. The summed E-state index contributed by atoms with van der Waals surface area (Å²) in [4.78, 5) is 0. The van der Waals surface area contributed by atoms with Gasteiger partial charge in [0.2, 0.25) is 0 Å². The maximum absolute atomic E-state index is 9.91. The van der Waals surface area contributed by atoms with Gasteiger partial charge in [-0.25, -0.2) is 0 Å². The number of aliphatic hydroxyl groups is 1. The Hall–Kier alpha value is -0.930. The molecule has 0 aliphatic carbocycles. The van der Waals surface area contributed by atoms with E-state index in [0.29, 0.717) is 0 Å². The number of hydrogen-bond donors (Lipinski definition) is 1. The van der Waals surface area contributed by atoms with Crippen LogP contribution in [-0.4, -0.2) is 18.0 Å². The lowest BCUT2D eigenvalue weighted by Gasteiger charge is -2.10. The van der Waals surface area contributed by atoms with Gasteiger partial charge in [0.1, 0.15) is 5.75 Å². The quantitative estimate of drug-likeness (QED) is 0.738. The number of hydrogen-bond acceptors (Lipinski definition) is 3. The summed E-state index contributed by atoms with van der Waals surface area (Å²) in [5, 5.41) is 11.7. The van der Waals surface area contributed by atoms with E-state index in [0.717, 1.165) is 29.9 Å². The zero-order valence-electron chi connectivity index (χ0n) is 9.56. The van der Waals surface area contributed by atoms with Crippen LogP contribution >= 0.6 is 11.8 Å². The number of ether oxygens (including phenoxy) is 1. The fraction of sp³-hybridized carbons (Fsp3) is 0.385. The van der Waals surface area contributed by atoms with Gasteiger partial charge < -0.3 is 9.84 Å². The molecule has 0 aromatic heterocycles. The van der Waals surface area contributed by atoms with Crippen molar-refractivity contribution in [2.75, 3.05) is 12.9 Å². The highest BCUT2D eigenvalue weighted by Gasteiger charge is 2.06. The third kappa shape index (κ3) is 4.29. The SMILES string of the molecule is C=CSCCCC(O)c1ccc(OC)cc1. The Morgan fingerprint density at radius 2 is 2.12 bits per heavy atom. The molecule has 0 spiro atoms. The van der Waals surface area contributed by atoms with Crippen molar-refractivity contribution in [2.24, 2.45) is 0 Å². The maximum atomic E-state index is 9.91. The topological polar surface area (TPSA) is 29.5 Å². The second-order valence-corrected chi connectivity index (χ2v) is 4.54. The first-order valence-electron chi connectivity index (χ1n) is 5.32. The molecule has 1 aromatic carbocycles. The molecule has 2 nitrogen and oxygen atoms in total. The lowest BCUT2D eigenvalue weighted by molar-refractivity contribution is 0.167. The summed E-state index contributed by atoms with van der Waals surface area (Å²) >= 11 is 1.68. The summed E-state index contributed by atoms with van der Waals surface area (Å²) < 4.78 is 5.07. The monoisotopic (exact) mass is 238 g/mol. The van der Waals surface area contributed by atoms with Gasteiger partial charge in [-0.15, -0.1) is 11.8 Å². The van der Waals surface area contributed by atoms with Crippen LogP contribution in [0.15, 0.2) is 36.3 Å². The molecule has 0 saturated heterocycles. The number of benzene rings is 1. The van der Waals surface area contributed by atoms with E-state index in [9.17, 15) is 5.11 Å². The molecule has 0 heterocycles. The van der Waals surface area contributed by atoms with E-state index in [1.54, 1.807) is 18.9 Å². The molecular weight excluding hydrogens is 220 g/mol. The first kappa shape index (κ1) is 13.1. The third-order valence-electron chi connectivity index (χ3n) is 2.36. The molecule has 1 rings (SSSR count). The van der Waals surface area contributed by atoms with Crippen molar-refractivity contribution in [1.29, 1.82) is 0 Å². The molecule has 0 amide bonds. The molecule has 1 atom stereocenters. The van der Waals surface area contributed by atoms with Gasteiger partial charge in [-0.2, -0.15) is 0 Å². The minimum Gasteiger partial charge on any atom is -0.497 e. The Kier molecular flexibility index (Phi) is 6.04. The van der Waals surface area contributed by atoms with Crippen LogP contribution < -0.4 is 4.74 Å². The fourth-order valence-electron chi connectivity index (χ4n) is 1.44. The lowest BCUT2D eigenvalue weighted by atomic mass is 10.1. The van der Waals surface area contributed by atoms with Crippen molar-refractivity contribution in [3.05, 3.63) is 41.8 Å². The zero-order chi connectivity index (χ0) is 11.8. The molecule has 0 radical (unpaired) electrons. The third-order valence-corrected chi connectivity index (χ3v) is 3.12. The van der Waals surface area contributed by atoms with Gasteiger partial charge in [0, 0.05) is 0 Å². The summed E-state index contributed by atoms with van der Waals surface area (Å²) in [5.41, 5.74) is 0.949. The minimum absolute atomic E-state index is 0.378. The maximum Gasteiger partial charge on any atom is 0.118 e. The molecular formula is C13H18O2S. The Morgan fingerprint density at radius 1 is 1.44 bits per heavy atom. The van der Waals surface area contributed by atoms with E-state index in [1.807, 2.05) is 29.7 Å². The Labute approximate surface area is 101 Å². The average Bonchev–Trinajstić information content (AvgIpc) is 2.34. The molecule has 1 unspecified atom stereocenters. The smallest absolute Gasteiger partial charge is 0.118 e. The van der Waals surface area contributed by atoms with Crippen LogP contribution in [0.3, 0.4) is 0 Å². The van der Waals surface area contributed by atoms with Crippen molar-refractivity contribution in [1.82, 2.24) is 0 Å². The van der Waals surface area contributed by atoms with Crippen molar-refractivity contribution in [2.45, 2.75) is 18.9 Å². The highest BCUT2D eigenvalue weighted by Crippen LogP contribution is 2.22. The fourth-order valence-corrected chi connectivity index (χ4v) is 1.94. The Bertz CT molecular complexity index is 308. The van der Waals surface area contributed by atoms with Crippen LogP contribution in [0.5, 0.6) is 5.75 Å². The van der Waals surface area contributed by atoms with Gasteiger partial charge >= 0.3 is 0 Å². The van der Waals surface area contributed by atoms with Crippen molar-refractivity contribution in [3.63, 3.8) is 0 Å². The molecule has 3 heteroatoms. The Balaban J connectivity index is 2.39. The molecule has 0 aliphatic rings. The molecule has 1 N–H and O–H groups in total. The highest BCUT2D eigenvalue weighted by molar-refractivity contribution is 8.02. The van der Waals surface area contributed by atoms with Crippen LogP contribution in [0.25, 0.3) is 0 Å². The minimum atomic E-state index is -0.378. The molecule has 0 fully saturated rings.